The summed E-state index contributed by atoms with van der Waals surface area (Å²) < 4.78 is 0. The monoisotopic (exact) mass is 290 g/mol. The van der Waals surface area contributed by atoms with Crippen molar-refractivity contribution in [3.05, 3.63) is 45.9 Å². The molecule has 0 fully saturated rings. The molecule has 0 spiro atoms. The molecular weight excluding hydrogens is 272 g/mol. The standard InChI is InChI=1S/C15H18N2O2S/c1-2-13-9-17-14(20-13)10-16-12-5-3-4-11(8-12)6-7-15(18)19/h3-5,8-9,16H,2,6-7,10H2,1H3,(H,18,19). The Labute approximate surface area is 122 Å². The summed E-state index contributed by atoms with van der Waals surface area (Å²) in [7, 11) is 0. The van der Waals surface area contributed by atoms with Crippen molar-refractivity contribution in [2.75, 3.05) is 5.32 Å². The van der Waals surface area contributed by atoms with Crippen molar-refractivity contribution < 1.29 is 9.90 Å². The largest absolute Gasteiger partial charge is 0.481 e. The van der Waals surface area contributed by atoms with Crippen LogP contribution in [0.1, 0.15) is 28.8 Å². The molecular formula is C15H18N2O2S. The first-order valence-corrected chi connectivity index (χ1v) is 7.47. The molecule has 5 heteroatoms. The van der Waals surface area contributed by atoms with Crippen molar-refractivity contribution >= 4 is 23.0 Å². The first-order chi connectivity index (χ1) is 9.67. The van der Waals surface area contributed by atoms with Crippen LogP contribution in [0.15, 0.2) is 30.5 Å². The van der Waals surface area contributed by atoms with E-state index >= 15 is 0 Å². The van der Waals surface area contributed by atoms with Crippen LogP contribution in [-0.2, 0) is 24.2 Å². The van der Waals surface area contributed by atoms with Gasteiger partial charge in [0.25, 0.3) is 0 Å². The Bertz CT molecular complexity index is 581. The Morgan fingerprint density at radius 1 is 1.45 bits per heavy atom. The molecule has 1 aromatic carbocycles. The maximum Gasteiger partial charge on any atom is 0.303 e. The molecule has 0 aliphatic rings. The second-order valence-electron chi connectivity index (χ2n) is 4.52. The molecule has 0 saturated heterocycles. The summed E-state index contributed by atoms with van der Waals surface area (Å²) in [4.78, 5) is 16.2. The van der Waals surface area contributed by atoms with Gasteiger partial charge < -0.3 is 10.4 Å². The van der Waals surface area contributed by atoms with Gasteiger partial charge in [-0.1, -0.05) is 19.1 Å². The summed E-state index contributed by atoms with van der Waals surface area (Å²) >= 11 is 1.72. The van der Waals surface area contributed by atoms with Crippen molar-refractivity contribution in [2.24, 2.45) is 0 Å². The number of hydrogen-bond acceptors (Lipinski definition) is 4. The maximum atomic E-state index is 10.6. The smallest absolute Gasteiger partial charge is 0.303 e. The minimum atomic E-state index is -0.766. The Morgan fingerprint density at radius 3 is 3.00 bits per heavy atom. The number of anilines is 1. The molecule has 0 radical (unpaired) electrons. The van der Waals surface area contributed by atoms with Gasteiger partial charge in [0.05, 0.1) is 6.54 Å². The fraction of sp³-hybridized carbons (Fsp3) is 0.333. The van der Waals surface area contributed by atoms with Gasteiger partial charge in [0.15, 0.2) is 0 Å². The number of benzene rings is 1. The molecule has 1 heterocycles. The number of thiazole rings is 1. The fourth-order valence-electron chi connectivity index (χ4n) is 1.86. The minimum absolute atomic E-state index is 0.162. The van der Waals surface area contributed by atoms with Crippen molar-refractivity contribution in [2.45, 2.75) is 32.7 Å². The summed E-state index contributed by atoms with van der Waals surface area (Å²) in [6.45, 7) is 2.82. The van der Waals surface area contributed by atoms with Crippen LogP contribution in [0, 0.1) is 0 Å². The topological polar surface area (TPSA) is 62.2 Å². The summed E-state index contributed by atoms with van der Waals surface area (Å²) in [5, 5.41) is 13.1. The quantitative estimate of drug-likeness (QED) is 0.821. The van der Waals surface area contributed by atoms with Crippen molar-refractivity contribution in [1.82, 2.24) is 4.98 Å². The van der Waals surface area contributed by atoms with Crippen LogP contribution < -0.4 is 5.32 Å². The zero-order valence-electron chi connectivity index (χ0n) is 11.4. The van der Waals surface area contributed by atoms with E-state index < -0.39 is 5.97 Å². The number of carboxylic acids is 1. The first kappa shape index (κ1) is 14.5. The third kappa shape index (κ3) is 4.35. The molecule has 0 aliphatic carbocycles. The third-order valence-electron chi connectivity index (χ3n) is 2.95. The third-order valence-corrected chi connectivity index (χ3v) is 4.09. The first-order valence-electron chi connectivity index (χ1n) is 6.65. The second kappa shape index (κ2) is 7.05. The number of nitrogens with zero attached hydrogens (tertiary/aromatic N) is 1. The molecule has 0 amide bonds. The number of carboxylic acid groups (broad SMARTS) is 1. The minimum Gasteiger partial charge on any atom is -0.481 e. The molecule has 1 aromatic heterocycles. The zero-order valence-corrected chi connectivity index (χ0v) is 12.2. The molecule has 0 aliphatic heterocycles. The SMILES string of the molecule is CCc1cnc(CNc2cccc(CCC(=O)O)c2)s1. The van der Waals surface area contributed by atoms with Gasteiger partial charge in [-0.3, -0.25) is 4.79 Å². The Hall–Kier alpha value is -1.88. The lowest BCUT2D eigenvalue weighted by molar-refractivity contribution is -0.136. The average molecular weight is 290 g/mol. The maximum absolute atomic E-state index is 10.6. The molecule has 4 nitrogen and oxygen atoms in total. The summed E-state index contributed by atoms with van der Waals surface area (Å²) in [6, 6.07) is 7.88. The lowest BCUT2D eigenvalue weighted by atomic mass is 10.1. The molecule has 0 saturated carbocycles. The van der Waals surface area contributed by atoms with E-state index in [1.165, 1.54) is 4.88 Å². The summed E-state index contributed by atoms with van der Waals surface area (Å²) in [6.07, 6.45) is 3.66. The van der Waals surface area contributed by atoms with E-state index in [0.29, 0.717) is 13.0 Å². The van der Waals surface area contributed by atoms with Gasteiger partial charge >= 0.3 is 5.97 Å². The Morgan fingerprint density at radius 2 is 2.30 bits per heavy atom. The Balaban J connectivity index is 1.92. The van der Waals surface area contributed by atoms with E-state index in [2.05, 4.69) is 17.2 Å². The van der Waals surface area contributed by atoms with Crippen molar-refractivity contribution in [3.63, 3.8) is 0 Å². The van der Waals surface area contributed by atoms with Gasteiger partial charge in [0.2, 0.25) is 0 Å². The number of aryl methyl sites for hydroxylation is 2. The van der Waals surface area contributed by atoms with Crippen LogP contribution in [0.4, 0.5) is 5.69 Å². The molecule has 0 bridgehead atoms. The predicted octanol–water partition coefficient (Wildman–Crippen LogP) is 3.33. The van der Waals surface area contributed by atoms with Crippen LogP contribution in [0.5, 0.6) is 0 Å². The predicted molar refractivity (Wildman–Crippen MR) is 81.2 cm³/mol. The molecule has 0 unspecified atom stereocenters. The number of hydrogen-bond donors (Lipinski definition) is 2. The number of aromatic nitrogens is 1. The number of nitrogens with one attached hydrogen (secondary N) is 1. The normalized spacial score (nSPS) is 10.4. The molecule has 20 heavy (non-hydrogen) atoms. The summed E-state index contributed by atoms with van der Waals surface area (Å²) in [5.41, 5.74) is 2.03. The van der Waals surface area contributed by atoms with Crippen LogP contribution in [0.2, 0.25) is 0 Å². The van der Waals surface area contributed by atoms with Crippen LogP contribution in [0.3, 0.4) is 0 Å². The van der Waals surface area contributed by atoms with Gasteiger partial charge in [0, 0.05) is 23.2 Å². The second-order valence-corrected chi connectivity index (χ2v) is 5.72. The molecule has 2 rings (SSSR count). The molecule has 2 aromatic rings. The Kier molecular flexibility index (Phi) is 5.12. The fourth-order valence-corrected chi connectivity index (χ4v) is 2.66. The van der Waals surface area contributed by atoms with E-state index in [9.17, 15) is 4.79 Å². The van der Waals surface area contributed by atoms with Crippen LogP contribution in [0.25, 0.3) is 0 Å². The summed E-state index contributed by atoms with van der Waals surface area (Å²) in [5.74, 6) is -0.766. The van der Waals surface area contributed by atoms with E-state index in [4.69, 9.17) is 5.11 Å². The van der Waals surface area contributed by atoms with E-state index in [1.807, 2.05) is 30.5 Å². The zero-order chi connectivity index (χ0) is 14.4. The highest BCUT2D eigenvalue weighted by molar-refractivity contribution is 7.11. The molecule has 0 atom stereocenters. The van der Waals surface area contributed by atoms with Gasteiger partial charge in [0.1, 0.15) is 5.01 Å². The highest BCUT2D eigenvalue weighted by Crippen LogP contribution is 2.17. The van der Waals surface area contributed by atoms with Gasteiger partial charge in [-0.05, 0) is 30.5 Å². The number of rotatable bonds is 7. The van der Waals surface area contributed by atoms with E-state index in [1.54, 1.807) is 11.3 Å². The van der Waals surface area contributed by atoms with Gasteiger partial charge in [-0.15, -0.1) is 11.3 Å². The highest BCUT2D eigenvalue weighted by atomic mass is 32.1. The molecule has 2 N–H and O–H groups in total. The molecule has 106 valence electrons. The van der Waals surface area contributed by atoms with E-state index in [-0.39, 0.29) is 6.42 Å². The van der Waals surface area contributed by atoms with Gasteiger partial charge in [-0.2, -0.15) is 0 Å². The van der Waals surface area contributed by atoms with Crippen LogP contribution in [-0.4, -0.2) is 16.1 Å². The average Bonchev–Trinajstić information content (AvgIpc) is 2.91. The van der Waals surface area contributed by atoms with Crippen molar-refractivity contribution in [3.8, 4) is 0 Å². The lowest BCUT2D eigenvalue weighted by Gasteiger charge is -2.06. The van der Waals surface area contributed by atoms with Gasteiger partial charge in [-0.25, -0.2) is 4.98 Å². The van der Waals surface area contributed by atoms with Crippen molar-refractivity contribution in [1.29, 1.82) is 0 Å². The lowest BCUT2D eigenvalue weighted by Crippen LogP contribution is -2.01. The van der Waals surface area contributed by atoms with E-state index in [0.717, 1.165) is 22.7 Å². The van der Waals surface area contributed by atoms with Crippen LogP contribution >= 0.6 is 11.3 Å². The number of aliphatic carboxylic acids is 1. The number of carbonyl (C=O) groups is 1. The highest BCUT2D eigenvalue weighted by Gasteiger charge is 2.02.